The van der Waals surface area contributed by atoms with Crippen LogP contribution in [0.25, 0.3) is 0 Å². The van der Waals surface area contributed by atoms with E-state index in [9.17, 15) is 9.59 Å². The van der Waals surface area contributed by atoms with Gasteiger partial charge in [-0.3, -0.25) is 0 Å². The van der Waals surface area contributed by atoms with E-state index in [0.717, 1.165) is 0 Å². The van der Waals surface area contributed by atoms with Crippen molar-refractivity contribution in [2.24, 2.45) is 0 Å². The van der Waals surface area contributed by atoms with Gasteiger partial charge >= 0.3 is 11.9 Å². The molecule has 4 nitrogen and oxygen atoms in total. The molecule has 1 aromatic rings. The van der Waals surface area contributed by atoms with Gasteiger partial charge in [0.1, 0.15) is 0 Å². The number of hydrogen-bond acceptors (Lipinski definition) is 2. The Labute approximate surface area is 100 Å². The minimum Gasteiger partial charge on any atom is -0.478 e. The second-order valence-corrected chi connectivity index (χ2v) is 3.55. The molecule has 2 N–H and O–H groups in total. The molecule has 0 amide bonds. The molecule has 0 saturated heterocycles. The van der Waals surface area contributed by atoms with E-state index in [1.54, 1.807) is 0 Å². The van der Waals surface area contributed by atoms with E-state index in [0.29, 0.717) is 0 Å². The summed E-state index contributed by atoms with van der Waals surface area (Å²) in [5, 5.41) is 16.9. The Morgan fingerprint density at radius 1 is 0.941 bits per heavy atom. The summed E-state index contributed by atoms with van der Waals surface area (Å²) in [6, 6.07) is 5.02. The molecule has 0 spiro atoms. The van der Waals surface area contributed by atoms with Crippen LogP contribution in [0.5, 0.6) is 0 Å². The van der Waals surface area contributed by atoms with Crippen LogP contribution in [-0.2, 0) is 0 Å². The van der Waals surface area contributed by atoms with E-state index in [1.807, 2.05) is 6.92 Å². The normalized spacial score (nSPS) is 8.65. The topological polar surface area (TPSA) is 74.6 Å². The van der Waals surface area contributed by atoms with Crippen LogP contribution in [0, 0.1) is 0 Å². The van der Waals surface area contributed by atoms with Crippen LogP contribution in [0.3, 0.4) is 0 Å². The van der Waals surface area contributed by atoms with Crippen molar-refractivity contribution in [3.05, 3.63) is 47.0 Å². The second-order valence-electron chi connectivity index (χ2n) is 3.55. The average Bonchev–Trinajstić information content (AvgIpc) is 2.29. The van der Waals surface area contributed by atoms with Crippen molar-refractivity contribution in [3.8, 4) is 0 Å². The number of hydrogen-bond donors (Lipinski definition) is 2. The zero-order valence-corrected chi connectivity index (χ0v) is 10.1. The fourth-order valence-corrected chi connectivity index (χ4v) is 0.755. The smallest absolute Gasteiger partial charge is 0.335 e. The maximum absolute atomic E-state index is 10.3. The lowest BCUT2D eigenvalue weighted by molar-refractivity contribution is 0.0681. The Morgan fingerprint density at radius 3 is 1.29 bits per heavy atom. The molecule has 4 heteroatoms. The number of carboxylic acid groups (broad SMARTS) is 2. The molecule has 0 aliphatic carbocycles. The molecule has 0 heterocycles. The molecular formula is C13H16O4. The molecule has 1 aromatic carbocycles. The van der Waals surface area contributed by atoms with Gasteiger partial charge in [-0.15, -0.1) is 0 Å². The van der Waals surface area contributed by atoms with Crippen LogP contribution in [0.1, 0.15) is 41.5 Å². The second kappa shape index (κ2) is 7.22. The Balaban J connectivity index is 0.000000437. The minimum absolute atomic E-state index is 0.0833. The van der Waals surface area contributed by atoms with Crippen LogP contribution >= 0.6 is 0 Å². The summed E-state index contributed by atoms with van der Waals surface area (Å²) in [6.45, 7) is 6.20. The Kier molecular flexibility index (Phi) is 6.33. The van der Waals surface area contributed by atoms with Gasteiger partial charge < -0.3 is 10.2 Å². The molecule has 0 aromatic heterocycles. The average molecular weight is 236 g/mol. The minimum atomic E-state index is -1.06. The first-order valence-corrected chi connectivity index (χ1v) is 5.04. The zero-order chi connectivity index (χ0) is 13.4. The number of rotatable bonds is 2. The van der Waals surface area contributed by atoms with E-state index in [-0.39, 0.29) is 11.1 Å². The van der Waals surface area contributed by atoms with E-state index in [4.69, 9.17) is 10.2 Å². The van der Waals surface area contributed by atoms with Gasteiger partial charge in [-0.05, 0) is 45.0 Å². The summed E-state index contributed by atoms with van der Waals surface area (Å²) < 4.78 is 0. The highest BCUT2D eigenvalue weighted by Crippen LogP contribution is 2.03. The van der Waals surface area contributed by atoms with Gasteiger partial charge in [0, 0.05) is 0 Å². The first-order valence-electron chi connectivity index (χ1n) is 5.04. The summed E-state index contributed by atoms with van der Waals surface area (Å²) in [5.74, 6) is -2.13. The lowest BCUT2D eigenvalue weighted by atomic mass is 10.1. The molecule has 1 rings (SSSR count). The Bertz CT molecular complexity index is 379. The van der Waals surface area contributed by atoms with Gasteiger partial charge in [0.15, 0.2) is 0 Å². The molecule has 0 fully saturated rings. The summed E-state index contributed by atoms with van der Waals surface area (Å²) >= 11 is 0. The lowest BCUT2D eigenvalue weighted by Crippen LogP contribution is -1.99. The van der Waals surface area contributed by atoms with Crippen LogP contribution in [-0.4, -0.2) is 22.2 Å². The third-order valence-electron chi connectivity index (χ3n) is 1.96. The van der Waals surface area contributed by atoms with Crippen molar-refractivity contribution >= 4 is 11.9 Å². The highest BCUT2D eigenvalue weighted by molar-refractivity contribution is 5.91. The van der Waals surface area contributed by atoms with Crippen molar-refractivity contribution in [2.45, 2.75) is 20.8 Å². The molecular weight excluding hydrogens is 220 g/mol. The summed E-state index contributed by atoms with van der Waals surface area (Å²) in [7, 11) is 0. The fourth-order valence-electron chi connectivity index (χ4n) is 0.755. The number of benzene rings is 1. The quantitative estimate of drug-likeness (QED) is 0.774. The van der Waals surface area contributed by atoms with Crippen LogP contribution in [0.4, 0.5) is 0 Å². The SMILES string of the molecule is CC=C(C)C.O=C(O)c1ccc(C(=O)O)cc1. The highest BCUT2D eigenvalue weighted by Gasteiger charge is 2.04. The van der Waals surface area contributed by atoms with Crippen molar-refractivity contribution in [1.82, 2.24) is 0 Å². The van der Waals surface area contributed by atoms with E-state index >= 15 is 0 Å². The summed E-state index contributed by atoms with van der Waals surface area (Å²) in [5.41, 5.74) is 1.55. The van der Waals surface area contributed by atoms with Crippen molar-refractivity contribution in [2.75, 3.05) is 0 Å². The molecule has 0 aliphatic heterocycles. The van der Waals surface area contributed by atoms with Gasteiger partial charge in [0.05, 0.1) is 11.1 Å². The van der Waals surface area contributed by atoms with E-state index in [2.05, 4.69) is 19.9 Å². The summed E-state index contributed by atoms with van der Waals surface area (Å²) in [6.07, 6.45) is 2.08. The number of aromatic carboxylic acids is 2. The number of carbonyl (C=O) groups is 2. The molecule has 0 saturated carbocycles. The van der Waals surface area contributed by atoms with Crippen molar-refractivity contribution < 1.29 is 19.8 Å². The van der Waals surface area contributed by atoms with Crippen LogP contribution in [0.15, 0.2) is 35.9 Å². The molecule has 0 bridgehead atoms. The maximum atomic E-state index is 10.3. The lowest BCUT2D eigenvalue weighted by Gasteiger charge is -1.94. The molecule has 0 radical (unpaired) electrons. The fraction of sp³-hybridized carbons (Fsp3) is 0.231. The number of allylic oxidation sites excluding steroid dienone is 2. The van der Waals surface area contributed by atoms with Crippen molar-refractivity contribution in [3.63, 3.8) is 0 Å². The Hall–Kier alpha value is -2.10. The van der Waals surface area contributed by atoms with Gasteiger partial charge in [0.25, 0.3) is 0 Å². The molecule has 0 aliphatic rings. The van der Waals surface area contributed by atoms with Gasteiger partial charge in [0.2, 0.25) is 0 Å². The van der Waals surface area contributed by atoms with E-state index in [1.165, 1.54) is 29.8 Å². The standard InChI is InChI=1S/C8H6O4.C5H10/c9-7(10)5-1-2-6(4-3-5)8(11)12;1-4-5(2)3/h1-4H,(H,9,10)(H,11,12);4H,1-3H3. The Morgan fingerprint density at radius 2 is 1.18 bits per heavy atom. The molecule has 92 valence electrons. The number of carboxylic acids is 2. The van der Waals surface area contributed by atoms with Gasteiger partial charge in [-0.2, -0.15) is 0 Å². The van der Waals surface area contributed by atoms with Crippen LogP contribution < -0.4 is 0 Å². The third-order valence-corrected chi connectivity index (χ3v) is 1.96. The third kappa shape index (κ3) is 6.14. The molecule has 0 unspecified atom stereocenters. The van der Waals surface area contributed by atoms with Gasteiger partial charge in [-0.25, -0.2) is 9.59 Å². The molecule has 0 atom stereocenters. The predicted octanol–water partition coefficient (Wildman–Crippen LogP) is 3.06. The van der Waals surface area contributed by atoms with Gasteiger partial charge in [-0.1, -0.05) is 11.6 Å². The van der Waals surface area contributed by atoms with E-state index < -0.39 is 11.9 Å². The monoisotopic (exact) mass is 236 g/mol. The largest absolute Gasteiger partial charge is 0.478 e. The van der Waals surface area contributed by atoms with Crippen molar-refractivity contribution in [1.29, 1.82) is 0 Å². The predicted molar refractivity (Wildman–Crippen MR) is 65.5 cm³/mol. The first-order chi connectivity index (χ1) is 7.88. The molecule has 17 heavy (non-hydrogen) atoms. The highest BCUT2D eigenvalue weighted by atomic mass is 16.4. The maximum Gasteiger partial charge on any atom is 0.335 e. The summed E-state index contributed by atoms with van der Waals surface area (Å²) in [4.78, 5) is 20.7. The zero-order valence-electron chi connectivity index (χ0n) is 10.1. The first kappa shape index (κ1) is 14.9. The van der Waals surface area contributed by atoms with Crippen LogP contribution in [0.2, 0.25) is 0 Å².